The summed E-state index contributed by atoms with van der Waals surface area (Å²) < 4.78 is 0. The summed E-state index contributed by atoms with van der Waals surface area (Å²) in [6, 6.07) is 0. The molecule has 0 aromatic carbocycles. The summed E-state index contributed by atoms with van der Waals surface area (Å²) in [5.41, 5.74) is 0. The standard InChI is InChI=1S/C5H10.Al.H/c1-3-5-4-2;;/h1H,3-5H2,2H3;;. The van der Waals surface area contributed by atoms with Crippen molar-refractivity contribution in [3.8, 4) is 0 Å². The quantitative estimate of drug-likeness (QED) is 0.363. The number of hydrogen-bond donors (Lipinski definition) is 0. The van der Waals surface area contributed by atoms with Crippen molar-refractivity contribution in [1.82, 2.24) is 0 Å². The second-order valence-corrected chi connectivity index (χ2v) is 2.01. The van der Waals surface area contributed by atoms with Crippen LogP contribution in [0.15, 0.2) is 0 Å². The van der Waals surface area contributed by atoms with Gasteiger partial charge in [0.05, 0.1) is 0 Å². The maximum atomic E-state index is 2.24. The van der Waals surface area contributed by atoms with Crippen LogP contribution in [0.2, 0.25) is 0 Å². The van der Waals surface area contributed by atoms with Gasteiger partial charge in [-0.2, -0.15) is 0 Å². The van der Waals surface area contributed by atoms with E-state index in [1.165, 1.54) is 19.3 Å². The van der Waals surface area contributed by atoms with Crippen LogP contribution in [0.25, 0.3) is 0 Å². The minimum absolute atomic E-state index is 1.30. The molecule has 0 aromatic rings. The molecule has 1 heteroatoms. The van der Waals surface area contributed by atoms with E-state index in [2.05, 4.69) is 11.8 Å². The van der Waals surface area contributed by atoms with Gasteiger partial charge in [-0.05, 0) is 0 Å². The van der Waals surface area contributed by atoms with Crippen molar-refractivity contribution >= 4 is 20.7 Å². The van der Waals surface area contributed by atoms with Crippen molar-refractivity contribution in [2.45, 2.75) is 26.2 Å². The molecule has 0 heterocycles. The molecule has 0 spiro atoms. The van der Waals surface area contributed by atoms with Gasteiger partial charge in [-0.25, -0.2) is 0 Å². The van der Waals surface area contributed by atoms with Crippen LogP contribution in [-0.2, 0) is 0 Å². The average Bonchev–Trinajstić information content (AvgIpc) is 1.61. The van der Waals surface area contributed by atoms with Gasteiger partial charge in [0.25, 0.3) is 0 Å². The Morgan fingerprint density at radius 1 is 1.67 bits per heavy atom. The zero-order valence-electron chi connectivity index (χ0n) is 4.41. The third kappa shape index (κ3) is 4.40. The van der Waals surface area contributed by atoms with Crippen molar-refractivity contribution in [2.75, 3.05) is 0 Å². The summed E-state index contributed by atoms with van der Waals surface area (Å²) in [7, 11) is 0. The second kappa shape index (κ2) is 5.40. The molecule has 0 aliphatic carbocycles. The molecule has 0 aromatic heterocycles. The predicted octanol–water partition coefficient (Wildman–Crippen LogP) is 0.880. The molecule has 0 N–H and O–H groups in total. The zero-order valence-corrected chi connectivity index (χ0v) is 5.82. The van der Waals surface area contributed by atoms with Gasteiger partial charge in [0, 0.05) is 0 Å². The first-order valence-electron chi connectivity index (χ1n) is 2.52. The molecule has 0 radical (unpaired) electrons. The Morgan fingerprint density at radius 2 is 2.33 bits per heavy atom. The van der Waals surface area contributed by atoms with Crippen LogP contribution >= 0.6 is 0 Å². The van der Waals surface area contributed by atoms with Crippen molar-refractivity contribution < 1.29 is 0 Å². The van der Waals surface area contributed by atoms with Crippen molar-refractivity contribution in [3.05, 3.63) is 0 Å². The van der Waals surface area contributed by atoms with Gasteiger partial charge in [-0.1, -0.05) is 0 Å². The fourth-order valence-corrected chi connectivity index (χ4v) is 0.637. The normalized spacial score (nSPS) is 8.00. The van der Waals surface area contributed by atoms with Crippen LogP contribution in [0.1, 0.15) is 26.2 Å². The summed E-state index contributed by atoms with van der Waals surface area (Å²) in [5.74, 6) is 0. The Kier molecular flexibility index (Phi) is 5.76. The monoisotopic (exact) mass is 98.1 g/mol. The van der Waals surface area contributed by atoms with Crippen molar-refractivity contribution in [1.29, 1.82) is 0 Å². The summed E-state index contributed by atoms with van der Waals surface area (Å²) in [4.78, 5) is 2.24. The van der Waals surface area contributed by atoms with Gasteiger partial charge in [0.15, 0.2) is 0 Å². The molecular weight excluding hydrogens is 87.0 g/mol. The first-order chi connectivity index (χ1) is 2.91. The maximum absolute atomic E-state index is 2.24. The SMILES string of the molecule is CCCC[CH]=[AlH]. The molecule has 0 atom stereocenters. The van der Waals surface area contributed by atoms with Crippen LogP contribution in [0.3, 0.4) is 0 Å². The van der Waals surface area contributed by atoms with E-state index >= 15 is 0 Å². The van der Waals surface area contributed by atoms with Crippen LogP contribution in [0.5, 0.6) is 0 Å². The molecule has 0 saturated heterocycles. The first-order valence-corrected chi connectivity index (χ1v) is 3.34. The topological polar surface area (TPSA) is 0 Å². The average molecular weight is 98.1 g/mol. The third-order valence-corrected chi connectivity index (χ3v) is 1.17. The van der Waals surface area contributed by atoms with Gasteiger partial charge < -0.3 is 0 Å². The molecule has 0 aliphatic heterocycles. The van der Waals surface area contributed by atoms with E-state index in [0.717, 1.165) is 0 Å². The molecule has 34 valence electrons. The summed E-state index contributed by atoms with van der Waals surface area (Å²) in [6.45, 7) is 2.21. The van der Waals surface area contributed by atoms with E-state index in [4.69, 9.17) is 0 Å². The van der Waals surface area contributed by atoms with Crippen LogP contribution in [0, 0.1) is 0 Å². The fraction of sp³-hybridized carbons (Fsp3) is 0.800. The number of unbranched alkanes of at least 4 members (excludes halogenated alkanes) is 2. The van der Waals surface area contributed by atoms with Gasteiger partial charge in [-0.15, -0.1) is 0 Å². The van der Waals surface area contributed by atoms with E-state index < -0.39 is 0 Å². The summed E-state index contributed by atoms with van der Waals surface area (Å²) in [6.07, 6.45) is 3.99. The van der Waals surface area contributed by atoms with Gasteiger partial charge in [-0.3, -0.25) is 0 Å². The molecule has 0 bridgehead atoms. The summed E-state index contributed by atoms with van der Waals surface area (Å²) >= 11 is 1.94. The molecule has 0 rings (SSSR count). The van der Waals surface area contributed by atoms with Crippen LogP contribution in [-0.4, -0.2) is 20.7 Å². The molecule has 0 saturated carbocycles. The van der Waals surface area contributed by atoms with E-state index in [1.54, 1.807) is 0 Å². The van der Waals surface area contributed by atoms with Gasteiger partial charge >= 0.3 is 46.9 Å². The van der Waals surface area contributed by atoms with Crippen molar-refractivity contribution in [3.63, 3.8) is 0 Å². The van der Waals surface area contributed by atoms with Crippen LogP contribution < -0.4 is 0 Å². The Balaban J connectivity index is 2.49. The molecule has 0 nitrogen and oxygen atoms in total. The van der Waals surface area contributed by atoms with E-state index in [0.29, 0.717) is 0 Å². The van der Waals surface area contributed by atoms with Gasteiger partial charge in [0.1, 0.15) is 0 Å². The van der Waals surface area contributed by atoms with E-state index in [-0.39, 0.29) is 0 Å². The number of rotatable bonds is 3. The molecule has 0 amide bonds. The molecule has 0 unspecified atom stereocenters. The minimum atomic E-state index is 1.30. The van der Waals surface area contributed by atoms with Gasteiger partial charge in [0.2, 0.25) is 0 Å². The molecule has 6 heavy (non-hydrogen) atoms. The Morgan fingerprint density at radius 3 is 2.50 bits per heavy atom. The Labute approximate surface area is 47.5 Å². The second-order valence-electron chi connectivity index (χ2n) is 1.43. The fourth-order valence-electron chi connectivity index (χ4n) is 0.348. The predicted molar refractivity (Wildman–Crippen MR) is 32.7 cm³/mol. The Bertz CT molecular complexity index is 32.9. The first kappa shape index (κ1) is 6.40. The number of hydrogen-bond acceptors (Lipinski definition) is 0. The molecular formula is C5H11Al. The molecule has 0 aliphatic rings. The van der Waals surface area contributed by atoms with Crippen LogP contribution in [0.4, 0.5) is 0 Å². The van der Waals surface area contributed by atoms with E-state index in [1.807, 2.05) is 15.9 Å². The third-order valence-electron chi connectivity index (χ3n) is 0.762. The zero-order chi connectivity index (χ0) is 4.83. The summed E-state index contributed by atoms with van der Waals surface area (Å²) in [5, 5.41) is 0. The molecule has 0 fully saturated rings. The Hall–Kier alpha value is 0.402. The van der Waals surface area contributed by atoms with E-state index in [9.17, 15) is 0 Å². The van der Waals surface area contributed by atoms with Crippen molar-refractivity contribution in [2.24, 2.45) is 0 Å².